The highest BCUT2D eigenvalue weighted by Gasteiger charge is 2.38. The standard InChI is InChI=1S/C15H29N3O3/c1-4-15(5-2,11-16)13(19)18-9-7-8-12(10-18)17-14(20)21-6-3/h12H,4-11,16H2,1-3H3,(H,17,20). The first-order chi connectivity index (χ1) is 10.0. The minimum Gasteiger partial charge on any atom is -0.450 e. The minimum absolute atomic E-state index is 0.0362. The molecule has 0 aliphatic carbocycles. The Morgan fingerprint density at radius 2 is 2.00 bits per heavy atom. The molecule has 0 radical (unpaired) electrons. The first kappa shape index (κ1) is 17.8. The molecule has 1 aliphatic rings. The summed E-state index contributed by atoms with van der Waals surface area (Å²) in [5.74, 6) is 0.116. The van der Waals surface area contributed by atoms with Crippen LogP contribution >= 0.6 is 0 Å². The van der Waals surface area contributed by atoms with Gasteiger partial charge in [0.1, 0.15) is 0 Å². The van der Waals surface area contributed by atoms with Gasteiger partial charge in [-0.2, -0.15) is 0 Å². The molecule has 0 aromatic carbocycles. The van der Waals surface area contributed by atoms with Crippen molar-refractivity contribution >= 4 is 12.0 Å². The van der Waals surface area contributed by atoms with Gasteiger partial charge in [-0.05, 0) is 32.6 Å². The zero-order valence-electron chi connectivity index (χ0n) is 13.5. The van der Waals surface area contributed by atoms with Crippen LogP contribution in [0.2, 0.25) is 0 Å². The van der Waals surface area contributed by atoms with Crippen molar-refractivity contribution in [2.75, 3.05) is 26.2 Å². The number of alkyl carbamates (subject to hydrolysis) is 1. The topological polar surface area (TPSA) is 84.7 Å². The number of amides is 2. The number of likely N-dealkylation sites (tertiary alicyclic amines) is 1. The van der Waals surface area contributed by atoms with E-state index in [1.807, 2.05) is 18.7 Å². The SMILES string of the molecule is CCOC(=O)NC1CCCN(C(=O)C(CC)(CC)CN)C1. The molecule has 0 aromatic rings. The lowest BCUT2D eigenvalue weighted by Gasteiger charge is -2.39. The third kappa shape index (κ3) is 4.33. The minimum atomic E-state index is -0.466. The van der Waals surface area contributed by atoms with E-state index in [-0.39, 0.29) is 11.9 Å². The Labute approximate surface area is 127 Å². The van der Waals surface area contributed by atoms with Gasteiger partial charge < -0.3 is 20.7 Å². The van der Waals surface area contributed by atoms with Gasteiger partial charge in [0.25, 0.3) is 0 Å². The number of carbonyl (C=O) groups excluding carboxylic acids is 2. The van der Waals surface area contributed by atoms with Gasteiger partial charge in [-0.25, -0.2) is 4.79 Å². The van der Waals surface area contributed by atoms with E-state index in [4.69, 9.17) is 10.5 Å². The summed E-state index contributed by atoms with van der Waals surface area (Å²) in [7, 11) is 0. The summed E-state index contributed by atoms with van der Waals surface area (Å²) in [6.45, 7) is 7.78. The van der Waals surface area contributed by atoms with E-state index in [0.29, 0.717) is 19.7 Å². The molecule has 122 valence electrons. The molecule has 1 heterocycles. The normalized spacial score (nSPS) is 19.2. The van der Waals surface area contributed by atoms with Gasteiger partial charge in [0, 0.05) is 25.7 Å². The van der Waals surface area contributed by atoms with Crippen molar-refractivity contribution in [1.29, 1.82) is 0 Å². The van der Waals surface area contributed by atoms with Gasteiger partial charge in [-0.3, -0.25) is 4.79 Å². The maximum Gasteiger partial charge on any atom is 0.407 e. The Bertz CT molecular complexity index is 348. The molecule has 21 heavy (non-hydrogen) atoms. The molecule has 0 aromatic heterocycles. The largest absolute Gasteiger partial charge is 0.450 e. The second-order valence-electron chi connectivity index (χ2n) is 5.65. The quantitative estimate of drug-likeness (QED) is 0.778. The van der Waals surface area contributed by atoms with Gasteiger partial charge in [0.15, 0.2) is 0 Å². The average Bonchev–Trinajstić information content (AvgIpc) is 2.50. The monoisotopic (exact) mass is 299 g/mol. The van der Waals surface area contributed by atoms with Crippen molar-refractivity contribution in [1.82, 2.24) is 10.2 Å². The Balaban J connectivity index is 2.67. The smallest absolute Gasteiger partial charge is 0.407 e. The third-order valence-corrected chi connectivity index (χ3v) is 4.50. The predicted octanol–water partition coefficient (Wildman–Crippen LogP) is 1.49. The highest BCUT2D eigenvalue weighted by molar-refractivity contribution is 5.83. The maximum atomic E-state index is 12.8. The van der Waals surface area contributed by atoms with Crippen LogP contribution in [0, 0.1) is 5.41 Å². The van der Waals surface area contributed by atoms with Gasteiger partial charge >= 0.3 is 6.09 Å². The number of nitrogens with one attached hydrogen (secondary N) is 1. The second kappa shape index (κ2) is 8.22. The summed E-state index contributed by atoms with van der Waals surface area (Å²) in [4.78, 5) is 26.1. The fourth-order valence-electron chi connectivity index (χ4n) is 2.88. The maximum absolute atomic E-state index is 12.8. The molecule has 0 saturated carbocycles. The highest BCUT2D eigenvalue weighted by atomic mass is 16.5. The molecule has 0 spiro atoms. The van der Waals surface area contributed by atoms with Crippen LogP contribution < -0.4 is 11.1 Å². The highest BCUT2D eigenvalue weighted by Crippen LogP contribution is 2.29. The molecule has 6 nitrogen and oxygen atoms in total. The van der Waals surface area contributed by atoms with Crippen LogP contribution in [-0.4, -0.2) is 49.2 Å². The van der Waals surface area contributed by atoms with Crippen molar-refractivity contribution < 1.29 is 14.3 Å². The second-order valence-corrected chi connectivity index (χ2v) is 5.65. The zero-order valence-corrected chi connectivity index (χ0v) is 13.5. The molecular weight excluding hydrogens is 270 g/mol. The summed E-state index contributed by atoms with van der Waals surface area (Å²) < 4.78 is 4.90. The molecule has 1 unspecified atom stereocenters. The van der Waals surface area contributed by atoms with Crippen molar-refractivity contribution in [3.8, 4) is 0 Å². The van der Waals surface area contributed by atoms with Crippen LogP contribution in [0.3, 0.4) is 0 Å². The first-order valence-electron chi connectivity index (χ1n) is 7.95. The predicted molar refractivity (Wildman–Crippen MR) is 81.8 cm³/mol. The summed E-state index contributed by atoms with van der Waals surface area (Å²) >= 11 is 0. The Morgan fingerprint density at radius 1 is 1.33 bits per heavy atom. The fraction of sp³-hybridized carbons (Fsp3) is 0.867. The number of hydrogen-bond acceptors (Lipinski definition) is 4. The lowest BCUT2D eigenvalue weighted by atomic mass is 9.80. The number of carbonyl (C=O) groups is 2. The van der Waals surface area contributed by atoms with Crippen LogP contribution in [0.1, 0.15) is 46.5 Å². The number of nitrogens with zero attached hydrogens (tertiary/aromatic N) is 1. The molecule has 2 amide bonds. The lowest BCUT2D eigenvalue weighted by Crippen LogP contribution is -2.55. The molecule has 1 fully saturated rings. The Kier molecular flexibility index (Phi) is 6.95. The lowest BCUT2D eigenvalue weighted by molar-refractivity contribution is -0.143. The van der Waals surface area contributed by atoms with Gasteiger partial charge in [-0.15, -0.1) is 0 Å². The number of hydrogen-bond donors (Lipinski definition) is 2. The summed E-state index contributed by atoms with van der Waals surface area (Å²) in [5.41, 5.74) is 5.39. The zero-order chi connectivity index (χ0) is 15.9. The van der Waals surface area contributed by atoms with Gasteiger partial charge in [-0.1, -0.05) is 13.8 Å². The number of nitrogens with two attached hydrogens (primary N) is 1. The van der Waals surface area contributed by atoms with Crippen molar-refractivity contribution in [3.63, 3.8) is 0 Å². The molecule has 1 atom stereocenters. The molecule has 6 heteroatoms. The van der Waals surface area contributed by atoms with Crippen molar-refractivity contribution in [2.24, 2.45) is 11.1 Å². The number of ether oxygens (including phenoxy) is 1. The molecule has 1 rings (SSSR count). The number of rotatable bonds is 6. The van der Waals surface area contributed by atoms with Crippen molar-refractivity contribution in [2.45, 2.75) is 52.5 Å². The molecular formula is C15H29N3O3. The first-order valence-corrected chi connectivity index (χ1v) is 7.95. The van der Waals surface area contributed by atoms with Gasteiger partial charge in [0.05, 0.1) is 12.0 Å². The van der Waals surface area contributed by atoms with Crippen LogP contribution in [0.5, 0.6) is 0 Å². The third-order valence-electron chi connectivity index (χ3n) is 4.50. The van der Waals surface area contributed by atoms with E-state index < -0.39 is 11.5 Å². The molecule has 1 aliphatic heterocycles. The Hall–Kier alpha value is -1.30. The van der Waals surface area contributed by atoms with E-state index >= 15 is 0 Å². The van der Waals surface area contributed by atoms with Crippen LogP contribution in [-0.2, 0) is 9.53 Å². The summed E-state index contributed by atoms with van der Waals surface area (Å²) in [5, 5.41) is 2.82. The van der Waals surface area contributed by atoms with Gasteiger partial charge in [0.2, 0.25) is 5.91 Å². The Morgan fingerprint density at radius 3 is 2.52 bits per heavy atom. The summed E-state index contributed by atoms with van der Waals surface area (Å²) in [6, 6.07) is -0.0362. The fourth-order valence-corrected chi connectivity index (χ4v) is 2.88. The van der Waals surface area contributed by atoms with E-state index in [1.165, 1.54) is 0 Å². The van der Waals surface area contributed by atoms with E-state index in [0.717, 1.165) is 32.2 Å². The van der Waals surface area contributed by atoms with Crippen molar-refractivity contribution in [3.05, 3.63) is 0 Å². The van der Waals surface area contributed by atoms with Crippen LogP contribution in [0.4, 0.5) is 4.79 Å². The number of piperidine rings is 1. The molecule has 0 bridgehead atoms. The molecule has 1 saturated heterocycles. The molecule has 3 N–H and O–H groups in total. The van der Waals surface area contributed by atoms with Crippen LogP contribution in [0.25, 0.3) is 0 Å². The van der Waals surface area contributed by atoms with E-state index in [1.54, 1.807) is 6.92 Å². The summed E-state index contributed by atoms with van der Waals surface area (Å²) in [6.07, 6.45) is 2.83. The van der Waals surface area contributed by atoms with E-state index in [9.17, 15) is 9.59 Å². The van der Waals surface area contributed by atoms with E-state index in [2.05, 4.69) is 5.32 Å². The average molecular weight is 299 g/mol. The van der Waals surface area contributed by atoms with Crippen LogP contribution in [0.15, 0.2) is 0 Å².